The minimum atomic E-state index is -0.546. The highest BCUT2D eigenvalue weighted by molar-refractivity contribution is 8.00. The van der Waals surface area contributed by atoms with Gasteiger partial charge in [0.2, 0.25) is 0 Å². The van der Waals surface area contributed by atoms with Crippen LogP contribution in [0.3, 0.4) is 0 Å². The van der Waals surface area contributed by atoms with Crippen molar-refractivity contribution in [3.05, 3.63) is 35.4 Å². The van der Waals surface area contributed by atoms with Gasteiger partial charge in [-0.1, -0.05) is 12.1 Å². The molecule has 0 aromatic heterocycles. The van der Waals surface area contributed by atoms with E-state index in [-0.39, 0.29) is 17.1 Å². The molecule has 7 nitrogen and oxygen atoms in total. The predicted molar refractivity (Wildman–Crippen MR) is 104 cm³/mol. The highest BCUT2D eigenvalue weighted by Crippen LogP contribution is 2.21. The van der Waals surface area contributed by atoms with Gasteiger partial charge in [0.15, 0.2) is 0 Å². The van der Waals surface area contributed by atoms with E-state index in [1.165, 1.54) is 18.9 Å². The maximum Gasteiger partial charge on any atom is 0.407 e. The van der Waals surface area contributed by atoms with Crippen LogP contribution >= 0.6 is 11.8 Å². The van der Waals surface area contributed by atoms with Crippen LogP contribution in [0.4, 0.5) is 4.79 Å². The van der Waals surface area contributed by atoms with Gasteiger partial charge in [0.1, 0.15) is 10.9 Å². The third-order valence-corrected chi connectivity index (χ3v) is 5.02. The third kappa shape index (κ3) is 6.46. The molecule has 0 unspecified atom stereocenters. The molecule has 1 aliphatic heterocycles. The lowest BCUT2D eigenvalue weighted by Gasteiger charge is -2.31. The Morgan fingerprint density at radius 1 is 1.22 bits per heavy atom. The summed E-state index contributed by atoms with van der Waals surface area (Å²) < 4.78 is 9.96. The highest BCUT2D eigenvalue weighted by atomic mass is 32.2. The van der Waals surface area contributed by atoms with Crippen LogP contribution in [0.15, 0.2) is 24.3 Å². The van der Waals surface area contributed by atoms with Crippen molar-refractivity contribution < 1.29 is 23.9 Å². The molecule has 1 aliphatic rings. The summed E-state index contributed by atoms with van der Waals surface area (Å²) >= 11 is 1.51. The summed E-state index contributed by atoms with van der Waals surface area (Å²) in [5.41, 5.74) is 0.861. The molecular formula is C19H26N2O5S. The lowest BCUT2D eigenvalue weighted by Crippen LogP contribution is -2.44. The van der Waals surface area contributed by atoms with Crippen molar-refractivity contribution in [1.29, 1.82) is 0 Å². The first-order chi connectivity index (χ1) is 12.7. The Morgan fingerprint density at radius 3 is 2.48 bits per heavy atom. The van der Waals surface area contributed by atoms with E-state index < -0.39 is 11.7 Å². The summed E-state index contributed by atoms with van der Waals surface area (Å²) in [6, 6.07) is 7.04. The fraction of sp³-hybridized carbons (Fsp3) is 0.526. The zero-order chi connectivity index (χ0) is 20.0. The Balaban J connectivity index is 1.91. The first-order valence-electron chi connectivity index (χ1n) is 8.74. The fourth-order valence-corrected chi connectivity index (χ4v) is 3.67. The number of carbonyl (C=O) groups excluding carboxylic acids is 3. The molecule has 0 bridgehead atoms. The standard InChI is InChI=1S/C19H26N2O5S/c1-19(2,3)26-18(24)20-11-13-5-7-14(8-6-13)16(22)21-9-10-27-15(12-21)17(23)25-4/h5-8,15H,9-12H2,1-4H3,(H,20,24)/t15-/m1/s1. The molecule has 0 spiro atoms. The van der Waals surface area contributed by atoms with E-state index in [1.54, 1.807) is 49.9 Å². The number of carbonyl (C=O) groups is 3. The van der Waals surface area contributed by atoms with Crippen LogP contribution < -0.4 is 5.32 Å². The number of methoxy groups -OCH3 is 1. The van der Waals surface area contributed by atoms with E-state index in [9.17, 15) is 14.4 Å². The number of nitrogens with one attached hydrogen (secondary N) is 1. The molecule has 27 heavy (non-hydrogen) atoms. The van der Waals surface area contributed by atoms with Gasteiger partial charge in [-0.3, -0.25) is 9.59 Å². The smallest absolute Gasteiger partial charge is 0.407 e. The van der Waals surface area contributed by atoms with Crippen molar-refractivity contribution in [2.45, 2.75) is 38.2 Å². The lowest BCUT2D eigenvalue weighted by atomic mass is 10.1. The number of hydrogen-bond donors (Lipinski definition) is 1. The van der Waals surface area contributed by atoms with Gasteiger partial charge < -0.3 is 19.7 Å². The topological polar surface area (TPSA) is 84.9 Å². The minimum Gasteiger partial charge on any atom is -0.468 e. The van der Waals surface area contributed by atoms with Crippen molar-refractivity contribution >= 4 is 29.7 Å². The van der Waals surface area contributed by atoms with Gasteiger partial charge in [-0.2, -0.15) is 0 Å². The Kier molecular flexibility index (Phi) is 7.12. The number of nitrogens with zero attached hydrogens (tertiary/aromatic N) is 1. The van der Waals surface area contributed by atoms with Crippen molar-refractivity contribution in [3.8, 4) is 0 Å². The zero-order valence-corrected chi connectivity index (χ0v) is 16.9. The van der Waals surface area contributed by atoms with Crippen LogP contribution in [-0.4, -0.2) is 59.7 Å². The number of amides is 2. The number of thioether (sulfide) groups is 1. The Hall–Kier alpha value is -2.22. The van der Waals surface area contributed by atoms with Crippen LogP contribution in [0.5, 0.6) is 0 Å². The quantitative estimate of drug-likeness (QED) is 0.790. The number of benzene rings is 1. The van der Waals surface area contributed by atoms with Crippen LogP contribution in [-0.2, 0) is 20.8 Å². The average molecular weight is 394 g/mol. The largest absolute Gasteiger partial charge is 0.468 e. The summed E-state index contributed by atoms with van der Waals surface area (Å²) in [4.78, 5) is 37.7. The van der Waals surface area contributed by atoms with Crippen LogP contribution in [0.25, 0.3) is 0 Å². The molecular weight excluding hydrogens is 368 g/mol. The first-order valence-corrected chi connectivity index (χ1v) is 9.79. The van der Waals surface area contributed by atoms with Crippen LogP contribution in [0.1, 0.15) is 36.7 Å². The molecule has 2 amide bonds. The predicted octanol–water partition coefficient (Wildman–Crippen LogP) is 2.44. The van der Waals surface area contributed by atoms with Gasteiger partial charge in [0, 0.05) is 31.0 Å². The van der Waals surface area contributed by atoms with Gasteiger partial charge in [-0.15, -0.1) is 11.8 Å². The molecule has 1 heterocycles. The molecule has 0 saturated carbocycles. The fourth-order valence-electron chi connectivity index (χ4n) is 2.54. The van der Waals surface area contributed by atoms with E-state index in [0.717, 1.165) is 5.56 Å². The molecule has 1 saturated heterocycles. The van der Waals surface area contributed by atoms with Crippen LogP contribution in [0.2, 0.25) is 0 Å². The highest BCUT2D eigenvalue weighted by Gasteiger charge is 2.30. The molecule has 1 atom stereocenters. The number of rotatable bonds is 4. The molecule has 1 N–H and O–H groups in total. The number of hydrogen-bond acceptors (Lipinski definition) is 6. The number of alkyl carbamates (subject to hydrolysis) is 1. The lowest BCUT2D eigenvalue weighted by molar-refractivity contribution is -0.140. The van der Waals surface area contributed by atoms with Crippen molar-refractivity contribution in [3.63, 3.8) is 0 Å². The van der Waals surface area contributed by atoms with E-state index in [2.05, 4.69) is 5.32 Å². The summed E-state index contributed by atoms with van der Waals surface area (Å²) in [6.45, 7) is 6.66. The second kappa shape index (κ2) is 9.12. The van der Waals surface area contributed by atoms with Gasteiger partial charge in [-0.25, -0.2) is 4.79 Å². The monoisotopic (exact) mass is 394 g/mol. The summed E-state index contributed by atoms with van der Waals surface area (Å²) in [5.74, 6) is 0.278. The number of ether oxygens (including phenoxy) is 2. The molecule has 8 heteroatoms. The first kappa shape index (κ1) is 21.1. The zero-order valence-electron chi connectivity index (χ0n) is 16.1. The Bertz CT molecular complexity index is 684. The summed E-state index contributed by atoms with van der Waals surface area (Å²) in [7, 11) is 1.35. The normalized spacial score (nSPS) is 17.2. The van der Waals surface area contributed by atoms with Crippen molar-refractivity contribution in [1.82, 2.24) is 10.2 Å². The second-order valence-electron chi connectivity index (χ2n) is 7.19. The van der Waals surface area contributed by atoms with Crippen molar-refractivity contribution in [2.24, 2.45) is 0 Å². The second-order valence-corrected chi connectivity index (χ2v) is 8.50. The maximum absolute atomic E-state index is 12.7. The molecule has 1 aromatic rings. The maximum atomic E-state index is 12.7. The van der Waals surface area contributed by atoms with E-state index in [0.29, 0.717) is 31.0 Å². The summed E-state index contributed by atoms with van der Waals surface area (Å²) in [6.07, 6.45) is -0.484. The molecule has 0 aliphatic carbocycles. The van der Waals surface area contributed by atoms with Gasteiger partial charge >= 0.3 is 12.1 Å². The van der Waals surface area contributed by atoms with E-state index in [1.807, 2.05) is 0 Å². The molecule has 1 fully saturated rings. The Labute approximate surface area is 163 Å². The van der Waals surface area contributed by atoms with Gasteiger partial charge in [0.25, 0.3) is 5.91 Å². The SMILES string of the molecule is COC(=O)[C@H]1CN(C(=O)c2ccc(CNC(=O)OC(C)(C)C)cc2)CCS1. The van der Waals surface area contributed by atoms with Crippen LogP contribution in [0, 0.1) is 0 Å². The Morgan fingerprint density at radius 2 is 1.89 bits per heavy atom. The van der Waals surface area contributed by atoms with Gasteiger partial charge in [-0.05, 0) is 38.5 Å². The average Bonchev–Trinajstić information content (AvgIpc) is 2.64. The summed E-state index contributed by atoms with van der Waals surface area (Å²) in [5, 5.41) is 2.34. The molecule has 0 radical (unpaired) electrons. The van der Waals surface area contributed by atoms with E-state index >= 15 is 0 Å². The van der Waals surface area contributed by atoms with Crippen molar-refractivity contribution in [2.75, 3.05) is 26.0 Å². The molecule has 2 rings (SSSR count). The molecule has 148 valence electrons. The van der Waals surface area contributed by atoms with E-state index in [4.69, 9.17) is 9.47 Å². The number of esters is 1. The minimum absolute atomic E-state index is 0.115. The third-order valence-electron chi connectivity index (χ3n) is 3.85. The molecule has 1 aromatic carbocycles. The van der Waals surface area contributed by atoms with Gasteiger partial charge in [0.05, 0.1) is 7.11 Å².